The van der Waals surface area contributed by atoms with Crippen molar-refractivity contribution in [3.05, 3.63) is 11.6 Å². The molecule has 0 bridgehead atoms. The maximum Gasteiger partial charge on any atom is 0.153 e. The van der Waals surface area contributed by atoms with Crippen LogP contribution in [0.2, 0.25) is 0 Å². The minimum Gasteiger partial charge on any atom is -0.377 e. The van der Waals surface area contributed by atoms with Crippen LogP contribution in [0.25, 0.3) is 0 Å². The van der Waals surface area contributed by atoms with E-state index in [9.17, 15) is 0 Å². The molecule has 1 aliphatic rings. The van der Waals surface area contributed by atoms with E-state index in [1.807, 2.05) is 0 Å². The number of hydrogen-bond acceptors (Lipinski definition) is 4. The molecule has 2 heterocycles. The summed E-state index contributed by atoms with van der Waals surface area (Å²) in [6.07, 6.45) is 1.42. The van der Waals surface area contributed by atoms with Gasteiger partial charge in [-0.3, -0.25) is 10.00 Å². The van der Waals surface area contributed by atoms with Crippen LogP contribution in [0.4, 0.5) is 0 Å². The topological polar surface area (TPSA) is 54.0 Å². The van der Waals surface area contributed by atoms with Gasteiger partial charge in [-0.2, -0.15) is 5.10 Å². The number of aromatic amines is 1. The average Bonchev–Trinajstić information content (AvgIpc) is 2.68. The van der Waals surface area contributed by atoms with Crippen LogP contribution in [0.5, 0.6) is 0 Å². The fourth-order valence-corrected chi connectivity index (χ4v) is 2.32. The molecule has 1 aliphatic heterocycles. The van der Waals surface area contributed by atoms with E-state index in [2.05, 4.69) is 47.8 Å². The van der Waals surface area contributed by atoms with Crippen molar-refractivity contribution in [2.75, 3.05) is 19.7 Å². The maximum absolute atomic E-state index is 5.89. The molecule has 1 unspecified atom stereocenters. The lowest BCUT2D eigenvalue weighted by molar-refractivity contribution is 0.0219. The third kappa shape index (κ3) is 4.01. The number of H-pyrrole nitrogens is 1. The Morgan fingerprint density at radius 2 is 2.16 bits per heavy atom. The maximum atomic E-state index is 5.89. The first-order valence-corrected chi connectivity index (χ1v) is 7.31. The summed E-state index contributed by atoms with van der Waals surface area (Å²) in [5.41, 5.74) is 0. The molecule has 0 spiro atoms. The van der Waals surface area contributed by atoms with E-state index >= 15 is 0 Å². The van der Waals surface area contributed by atoms with Crippen LogP contribution in [0.3, 0.4) is 0 Å². The smallest absolute Gasteiger partial charge is 0.153 e. The largest absolute Gasteiger partial charge is 0.377 e. The van der Waals surface area contributed by atoms with E-state index in [-0.39, 0.29) is 0 Å². The van der Waals surface area contributed by atoms with Crippen LogP contribution in [-0.4, -0.2) is 45.9 Å². The van der Waals surface area contributed by atoms with Crippen LogP contribution in [0.1, 0.15) is 51.7 Å². The first kappa shape index (κ1) is 14.5. The van der Waals surface area contributed by atoms with Gasteiger partial charge in [0.2, 0.25) is 0 Å². The Labute approximate surface area is 115 Å². The third-order valence-electron chi connectivity index (χ3n) is 3.57. The van der Waals surface area contributed by atoms with Crippen molar-refractivity contribution in [3.63, 3.8) is 0 Å². The molecule has 0 saturated carbocycles. The normalized spacial score (nSPS) is 22.1. The molecule has 19 heavy (non-hydrogen) atoms. The van der Waals surface area contributed by atoms with Gasteiger partial charge in [0.15, 0.2) is 5.82 Å². The number of rotatable bonds is 4. The quantitative estimate of drug-likeness (QED) is 0.907. The van der Waals surface area contributed by atoms with Crippen molar-refractivity contribution < 1.29 is 4.74 Å². The molecule has 1 N–H and O–H groups in total. The highest BCUT2D eigenvalue weighted by molar-refractivity contribution is 4.95. The van der Waals surface area contributed by atoms with E-state index in [0.29, 0.717) is 17.9 Å². The molecule has 0 radical (unpaired) electrons. The Morgan fingerprint density at radius 1 is 1.37 bits per heavy atom. The zero-order valence-corrected chi connectivity index (χ0v) is 12.5. The highest BCUT2D eigenvalue weighted by atomic mass is 16.5. The SMILES string of the molecule is CC(C)c1n[nH]c(CN2CCCOC(C(C)C)C2)n1. The predicted octanol–water partition coefficient (Wildman–Crippen LogP) is 2.17. The van der Waals surface area contributed by atoms with Gasteiger partial charge in [-0.05, 0) is 12.3 Å². The van der Waals surface area contributed by atoms with Crippen LogP contribution in [0.15, 0.2) is 0 Å². The molecule has 108 valence electrons. The Kier molecular flexibility index (Phi) is 4.93. The highest BCUT2D eigenvalue weighted by Crippen LogP contribution is 2.15. The van der Waals surface area contributed by atoms with Crippen LogP contribution < -0.4 is 0 Å². The number of nitrogens with one attached hydrogen (secondary N) is 1. The van der Waals surface area contributed by atoms with Crippen molar-refractivity contribution >= 4 is 0 Å². The number of ether oxygens (including phenoxy) is 1. The molecule has 5 nitrogen and oxygen atoms in total. The number of nitrogens with zero attached hydrogens (tertiary/aromatic N) is 3. The molecule has 0 aliphatic carbocycles. The van der Waals surface area contributed by atoms with E-state index in [4.69, 9.17) is 4.74 Å². The summed E-state index contributed by atoms with van der Waals surface area (Å²) >= 11 is 0. The van der Waals surface area contributed by atoms with Crippen LogP contribution in [-0.2, 0) is 11.3 Å². The van der Waals surface area contributed by atoms with E-state index in [1.165, 1.54) is 0 Å². The minimum absolute atomic E-state index is 0.329. The molecule has 0 amide bonds. The molecule has 1 aromatic rings. The standard InChI is InChI=1S/C14H26N4O/c1-10(2)12-8-18(6-5-7-19-12)9-13-15-14(11(3)4)17-16-13/h10-12H,5-9H2,1-4H3,(H,15,16,17). The first-order valence-electron chi connectivity index (χ1n) is 7.31. The Balaban J connectivity index is 1.96. The van der Waals surface area contributed by atoms with E-state index in [1.54, 1.807) is 0 Å². The van der Waals surface area contributed by atoms with Gasteiger partial charge in [0.25, 0.3) is 0 Å². The molecule has 5 heteroatoms. The lowest BCUT2D eigenvalue weighted by atomic mass is 10.1. The number of hydrogen-bond donors (Lipinski definition) is 1. The Hall–Kier alpha value is -0.940. The average molecular weight is 266 g/mol. The van der Waals surface area contributed by atoms with Gasteiger partial charge in [0.1, 0.15) is 5.82 Å². The van der Waals surface area contributed by atoms with Gasteiger partial charge in [-0.15, -0.1) is 0 Å². The fourth-order valence-electron chi connectivity index (χ4n) is 2.32. The van der Waals surface area contributed by atoms with E-state index < -0.39 is 0 Å². The molecule has 1 saturated heterocycles. The Bertz CT molecular complexity index is 389. The second-order valence-corrected chi connectivity index (χ2v) is 6.04. The second-order valence-electron chi connectivity index (χ2n) is 6.04. The Morgan fingerprint density at radius 3 is 2.79 bits per heavy atom. The summed E-state index contributed by atoms with van der Waals surface area (Å²) in [5.74, 6) is 2.80. The van der Waals surface area contributed by atoms with Crippen molar-refractivity contribution in [2.45, 2.75) is 52.7 Å². The van der Waals surface area contributed by atoms with Gasteiger partial charge < -0.3 is 4.74 Å². The fraction of sp³-hybridized carbons (Fsp3) is 0.857. The number of aromatic nitrogens is 3. The van der Waals surface area contributed by atoms with Crippen LogP contribution >= 0.6 is 0 Å². The van der Waals surface area contributed by atoms with Crippen molar-refractivity contribution in [1.29, 1.82) is 0 Å². The summed E-state index contributed by atoms with van der Waals surface area (Å²) in [4.78, 5) is 6.97. The monoisotopic (exact) mass is 266 g/mol. The zero-order chi connectivity index (χ0) is 13.8. The van der Waals surface area contributed by atoms with Gasteiger partial charge in [0.05, 0.1) is 12.6 Å². The summed E-state index contributed by atoms with van der Waals surface area (Å²) < 4.78 is 5.89. The minimum atomic E-state index is 0.329. The summed E-state index contributed by atoms with van der Waals surface area (Å²) in [7, 11) is 0. The van der Waals surface area contributed by atoms with Crippen molar-refractivity contribution in [3.8, 4) is 0 Å². The predicted molar refractivity (Wildman–Crippen MR) is 74.9 cm³/mol. The van der Waals surface area contributed by atoms with Gasteiger partial charge in [-0.1, -0.05) is 27.7 Å². The molecular weight excluding hydrogens is 240 g/mol. The van der Waals surface area contributed by atoms with Gasteiger partial charge in [-0.25, -0.2) is 4.98 Å². The van der Waals surface area contributed by atoms with Gasteiger partial charge in [0, 0.05) is 25.6 Å². The van der Waals surface area contributed by atoms with E-state index in [0.717, 1.165) is 44.3 Å². The molecule has 1 aromatic heterocycles. The first-order chi connectivity index (χ1) is 9.06. The molecule has 0 aromatic carbocycles. The summed E-state index contributed by atoms with van der Waals surface area (Å²) in [6.45, 7) is 12.4. The zero-order valence-electron chi connectivity index (χ0n) is 12.5. The van der Waals surface area contributed by atoms with Gasteiger partial charge >= 0.3 is 0 Å². The molecule has 2 rings (SSSR count). The second kappa shape index (κ2) is 6.48. The van der Waals surface area contributed by atoms with Crippen molar-refractivity contribution in [2.24, 2.45) is 5.92 Å². The molecular formula is C14H26N4O. The third-order valence-corrected chi connectivity index (χ3v) is 3.57. The summed E-state index contributed by atoms with van der Waals surface area (Å²) in [6, 6.07) is 0. The lowest BCUT2D eigenvalue weighted by Gasteiger charge is -2.25. The summed E-state index contributed by atoms with van der Waals surface area (Å²) in [5, 5.41) is 7.32. The van der Waals surface area contributed by atoms with Crippen LogP contribution in [0, 0.1) is 5.92 Å². The molecule has 1 atom stereocenters. The van der Waals surface area contributed by atoms with Crippen molar-refractivity contribution in [1.82, 2.24) is 20.1 Å². The molecule has 1 fully saturated rings. The highest BCUT2D eigenvalue weighted by Gasteiger charge is 2.22. The lowest BCUT2D eigenvalue weighted by Crippen LogP contribution is -2.34.